The number of hydrogen-bond donors (Lipinski definition) is 1. The van der Waals surface area contributed by atoms with Crippen LogP contribution in [0.3, 0.4) is 0 Å². The summed E-state index contributed by atoms with van der Waals surface area (Å²) in [5.41, 5.74) is 1.86. The third-order valence-corrected chi connectivity index (χ3v) is 3.23. The molecule has 0 amide bonds. The van der Waals surface area contributed by atoms with Crippen LogP contribution in [0.25, 0.3) is 0 Å². The molecule has 6 heteroatoms. The summed E-state index contributed by atoms with van der Waals surface area (Å²) in [6.45, 7) is 1.66. The van der Waals surface area contributed by atoms with Crippen LogP contribution in [0.1, 0.15) is 20.8 Å². The van der Waals surface area contributed by atoms with Crippen LogP contribution in [0.2, 0.25) is 0 Å². The molecule has 0 radical (unpaired) electrons. The lowest BCUT2D eigenvalue weighted by Gasteiger charge is -2.20. The summed E-state index contributed by atoms with van der Waals surface area (Å²) in [5, 5.41) is 0. The van der Waals surface area contributed by atoms with Crippen molar-refractivity contribution in [1.82, 2.24) is 4.90 Å². The Morgan fingerprint density at radius 3 is 1.61 bits per heavy atom. The fraction of sp³-hybridized carbons (Fsp3) is 0.294. The Hall–Kier alpha value is -1.73. The Morgan fingerprint density at radius 1 is 1.00 bits per heavy atom. The minimum absolute atomic E-state index is 0.506. The third kappa shape index (κ3) is 9.10. The molecule has 1 N–H and O–H groups in total. The van der Waals surface area contributed by atoms with Crippen molar-refractivity contribution in [3.8, 4) is 0 Å². The van der Waals surface area contributed by atoms with Gasteiger partial charge in [-0.3, -0.25) is 13.6 Å². The van der Waals surface area contributed by atoms with Crippen molar-refractivity contribution in [3.63, 3.8) is 0 Å². The fourth-order valence-electron chi connectivity index (χ4n) is 1.68. The molecule has 23 heavy (non-hydrogen) atoms. The van der Waals surface area contributed by atoms with Gasteiger partial charge in [0.25, 0.3) is 0 Å². The summed E-state index contributed by atoms with van der Waals surface area (Å²) in [6, 6.07) is 19.4. The van der Waals surface area contributed by atoms with Gasteiger partial charge in [0.15, 0.2) is 0 Å². The molecular formula is C17H23NO4S. The van der Waals surface area contributed by atoms with Crippen LogP contribution in [-0.2, 0) is 27.6 Å². The van der Waals surface area contributed by atoms with Crippen LogP contribution in [-0.4, -0.2) is 31.5 Å². The van der Waals surface area contributed by atoms with E-state index in [0.717, 1.165) is 18.2 Å². The maximum Gasteiger partial charge on any atom is 0.397 e. The van der Waals surface area contributed by atoms with E-state index in [1.165, 1.54) is 0 Å². The predicted molar refractivity (Wildman–Crippen MR) is 91.2 cm³/mol. The van der Waals surface area contributed by atoms with Gasteiger partial charge in [-0.05, 0) is 17.7 Å². The van der Waals surface area contributed by atoms with Crippen molar-refractivity contribution >= 4 is 10.4 Å². The first-order chi connectivity index (χ1) is 11.8. The molecule has 0 aliphatic heterocycles. The van der Waals surface area contributed by atoms with E-state index in [-0.39, 0.29) is 0 Å². The van der Waals surface area contributed by atoms with Crippen LogP contribution in [0, 0.1) is 0 Å². The molecule has 0 aliphatic carbocycles. The first kappa shape index (κ1) is 16.1. The summed E-state index contributed by atoms with van der Waals surface area (Å²) in [7, 11) is -3.29. The molecule has 0 heterocycles. The molecule has 0 saturated carbocycles. The Labute approximate surface area is 141 Å². The van der Waals surface area contributed by atoms with Crippen LogP contribution in [0.5, 0.6) is 0 Å². The number of rotatable bonds is 6. The highest BCUT2D eigenvalue weighted by molar-refractivity contribution is 7.80. The fourth-order valence-corrected chi connectivity index (χ4v) is 1.68. The third-order valence-electron chi connectivity index (χ3n) is 2.80. The molecular weight excluding hydrogens is 314 g/mol. The average Bonchev–Trinajstić information content (AvgIpc) is 2.63. The number of nitrogens with zero attached hydrogens (tertiary/aromatic N) is 1. The second-order valence-corrected chi connectivity index (χ2v) is 5.69. The van der Waals surface area contributed by atoms with Crippen molar-refractivity contribution < 1.29 is 19.9 Å². The lowest BCUT2D eigenvalue weighted by Crippen LogP contribution is -2.22. The molecule has 2 unspecified atom stereocenters. The molecule has 5 nitrogen and oxygen atoms in total. The summed E-state index contributed by atoms with van der Waals surface area (Å²) in [4.78, 5) is 1.87. The smallest absolute Gasteiger partial charge is 0.295 e. The maximum atomic E-state index is 9.33. The van der Waals surface area contributed by atoms with Gasteiger partial charge in [-0.2, -0.15) is 8.42 Å². The van der Waals surface area contributed by atoms with Gasteiger partial charge in [-0.15, -0.1) is 0 Å². The van der Waals surface area contributed by atoms with Gasteiger partial charge in [-0.25, -0.2) is 0 Å². The molecule has 0 bridgehead atoms. The molecule has 0 spiro atoms. The predicted octanol–water partition coefficient (Wildman–Crippen LogP) is 3.14. The molecule has 126 valence electrons. The van der Waals surface area contributed by atoms with E-state index in [4.69, 9.17) is 7.29 Å². The van der Waals surface area contributed by atoms with E-state index in [9.17, 15) is 8.42 Å². The SMILES string of the molecule is COS(=O)(=O)O.[2H]C(c1ccccc1)N(CC)C([2H])c1ccccc1. The second kappa shape index (κ2) is 10.1. The van der Waals surface area contributed by atoms with Gasteiger partial charge in [0, 0.05) is 15.8 Å². The van der Waals surface area contributed by atoms with Crippen molar-refractivity contribution in [2.24, 2.45) is 0 Å². The first-order valence-corrected chi connectivity index (χ1v) is 8.39. The molecule has 2 atom stereocenters. The highest BCUT2D eigenvalue weighted by Crippen LogP contribution is 2.09. The highest BCUT2D eigenvalue weighted by atomic mass is 32.3. The van der Waals surface area contributed by atoms with E-state index in [1.807, 2.05) is 72.5 Å². The van der Waals surface area contributed by atoms with Crippen molar-refractivity contribution in [2.75, 3.05) is 13.7 Å². The molecule has 2 aromatic rings. The van der Waals surface area contributed by atoms with Crippen LogP contribution in [0.15, 0.2) is 60.7 Å². The van der Waals surface area contributed by atoms with Gasteiger partial charge in [-0.1, -0.05) is 67.6 Å². The molecule has 2 aromatic carbocycles. The summed E-state index contributed by atoms with van der Waals surface area (Å²) >= 11 is 0. The van der Waals surface area contributed by atoms with E-state index in [2.05, 4.69) is 4.18 Å². The van der Waals surface area contributed by atoms with E-state index < -0.39 is 23.4 Å². The maximum absolute atomic E-state index is 9.33. The van der Waals surface area contributed by atoms with Crippen LogP contribution < -0.4 is 0 Å². The lowest BCUT2D eigenvalue weighted by molar-refractivity contribution is 0.271. The Balaban J connectivity index is 0.000000450. The minimum Gasteiger partial charge on any atom is -0.295 e. The van der Waals surface area contributed by atoms with Crippen molar-refractivity contribution in [2.45, 2.75) is 20.0 Å². The van der Waals surface area contributed by atoms with Crippen LogP contribution in [0.4, 0.5) is 0 Å². The molecule has 0 saturated heterocycles. The zero-order valence-corrected chi connectivity index (χ0v) is 14.0. The zero-order chi connectivity index (χ0) is 18.9. The largest absolute Gasteiger partial charge is 0.397 e. The van der Waals surface area contributed by atoms with Gasteiger partial charge in [0.05, 0.1) is 7.11 Å². The molecule has 0 aromatic heterocycles. The standard InChI is InChI=1S/C16H19N.CH4O4S/c1-2-17(13-15-9-5-3-6-10-15)14-16-11-7-4-8-12-16;1-5-6(2,3)4/h3-12H,2,13-14H2,1H3;1H3,(H,2,3,4)/i13D,14D;. The monoisotopic (exact) mass is 339 g/mol. The second-order valence-electron chi connectivity index (χ2n) is 4.50. The first-order valence-electron chi connectivity index (χ1n) is 8.18. The van der Waals surface area contributed by atoms with Gasteiger partial charge >= 0.3 is 10.4 Å². The summed E-state index contributed by atoms with van der Waals surface area (Å²) < 4.78 is 46.4. The topological polar surface area (TPSA) is 66.8 Å². The molecule has 2 rings (SSSR count). The number of hydrogen-bond acceptors (Lipinski definition) is 4. The van der Waals surface area contributed by atoms with Gasteiger partial charge in [0.2, 0.25) is 0 Å². The molecule has 0 aliphatic rings. The van der Waals surface area contributed by atoms with E-state index in [1.54, 1.807) is 0 Å². The van der Waals surface area contributed by atoms with E-state index in [0.29, 0.717) is 6.54 Å². The normalized spacial score (nSPS) is 15.0. The quantitative estimate of drug-likeness (QED) is 0.819. The average molecular weight is 339 g/mol. The van der Waals surface area contributed by atoms with E-state index >= 15 is 0 Å². The Morgan fingerprint density at radius 2 is 1.35 bits per heavy atom. The Kier molecular flexibility index (Phi) is 7.10. The van der Waals surface area contributed by atoms with Gasteiger partial charge in [0.1, 0.15) is 0 Å². The lowest BCUT2D eigenvalue weighted by atomic mass is 10.2. The Bertz CT molecular complexity index is 668. The van der Waals surface area contributed by atoms with Crippen molar-refractivity contribution in [3.05, 3.63) is 71.8 Å². The number of benzene rings is 2. The summed E-state index contributed by atoms with van der Waals surface area (Å²) in [6.07, 6.45) is 0. The van der Waals surface area contributed by atoms with Crippen LogP contribution >= 0.6 is 0 Å². The highest BCUT2D eigenvalue weighted by Gasteiger charge is 2.04. The van der Waals surface area contributed by atoms with Crippen molar-refractivity contribution in [1.29, 1.82) is 0 Å². The molecule has 0 fully saturated rings. The minimum atomic E-state index is -4.16. The van der Waals surface area contributed by atoms with Gasteiger partial charge < -0.3 is 0 Å². The summed E-state index contributed by atoms with van der Waals surface area (Å²) in [5.74, 6) is 0. The zero-order valence-electron chi connectivity index (χ0n) is 15.2.